The number of fused-ring (bicyclic) bond motifs is 1. The number of hydrogen-bond donors (Lipinski definition) is 0. The summed E-state index contributed by atoms with van der Waals surface area (Å²) in [5.74, 6) is -1.98. The highest BCUT2D eigenvalue weighted by Crippen LogP contribution is 2.36. The Bertz CT molecular complexity index is 341. The van der Waals surface area contributed by atoms with E-state index in [2.05, 4.69) is 11.8 Å². The van der Waals surface area contributed by atoms with Crippen LogP contribution in [0.5, 0.6) is 0 Å². The van der Waals surface area contributed by atoms with Crippen LogP contribution in [-0.2, 0) is 9.53 Å². The molecule has 0 spiro atoms. The van der Waals surface area contributed by atoms with E-state index in [1.165, 1.54) is 6.42 Å². The number of halogens is 3. The van der Waals surface area contributed by atoms with E-state index < -0.39 is 12.1 Å². The van der Waals surface area contributed by atoms with Gasteiger partial charge in [0.1, 0.15) is 6.61 Å². The van der Waals surface area contributed by atoms with Crippen LogP contribution in [0.25, 0.3) is 0 Å². The predicted molar refractivity (Wildman–Crippen MR) is 63.3 cm³/mol. The van der Waals surface area contributed by atoms with Gasteiger partial charge >= 0.3 is 12.1 Å². The van der Waals surface area contributed by atoms with Crippen molar-refractivity contribution in [1.82, 2.24) is 0 Å². The van der Waals surface area contributed by atoms with E-state index >= 15 is 0 Å². The van der Waals surface area contributed by atoms with E-state index in [9.17, 15) is 18.0 Å². The molecular formula is C13H21F3NO2+. The fourth-order valence-corrected chi connectivity index (χ4v) is 3.69. The van der Waals surface area contributed by atoms with Crippen LogP contribution < -0.4 is 0 Å². The van der Waals surface area contributed by atoms with Crippen molar-refractivity contribution in [3.05, 3.63) is 0 Å². The van der Waals surface area contributed by atoms with E-state index in [1.54, 1.807) is 0 Å². The van der Waals surface area contributed by atoms with Crippen molar-refractivity contribution < 1.29 is 27.2 Å². The first kappa shape index (κ1) is 14.6. The Balaban J connectivity index is 1.94. The third-order valence-electron chi connectivity index (χ3n) is 4.67. The molecule has 2 aliphatic heterocycles. The number of piperidine rings is 2. The number of carbonyl (C=O) groups excluding carboxylic acids is 1. The zero-order valence-corrected chi connectivity index (χ0v) is 11.2. The van der Waals surface area contributed by atoms with E-state index in [4.69, 9.17) is 0 Å². The molecule has 0 N–H and O–H groups in total. The molecule has 2 saturated heterocycles. The third kappa shape index (κ3) is 3.22. The van der Waals surface area contributed by atoms with Crippen LogP contribution in [0, 0.1) is 5.92 Å². The van der Waals surface area contributed by atoms with Crippen LogP contribution in [0.3, 0.4) is 0 Å². The van der Waals surface area contributed by atoms with Crippen molar-refractivity contribution in [1.29, 1.82) is 0 Å². The van der Waals surface area contributed by atoms with Crippen LogP contribution in [0.1, 0.15) is 32.1 Å². The summed E-state index contributed by atoms with van der Waals surface area (Å²) in [6, 6.07) is 0.350. The first-order chi connectivity index (χ1) is 8.83. The normalized spacial score (nSPS) is 35.6. The van der Waals surface area contributed by atoms with Gasteiger partial charge in [-0.2, -0.15) is 13.2 Å². The molecule has 2 fully saturated rings. The molecule has 0 bridgehead atoms. The zero-order valence-electron chi connectivity index (χ0n) is 11.2. The van der Waals surface area contributed by atoms with Gasteiger partial charge in [-0.05, 0) is 25.7 Å². The van der Waals surface area contributed by atoms with Crippen molar-refractivity contribution in [3.8, 4) is 0 Å². The number of esters is 1. The van der Waals surface area contributed by atoms with Crippen LogP contribution >= 0.6 is 0 Å². The maximum absolute atomic E-state index is 12.1. The number of nitrogens with zero attached hydrogens (tertiary/aromatic N) is 1. The van der Waals surface area contributed by atoms with Crippen molar-refractivity contribution in [2.24, 2.45) is 5.92 Å². The second-order valence-electron chi connectivity index (χ2n) is 5.99. The molecule has 0 aliphatic carbocycles. The van der Waals surface area contributed by atoms with Gasteiger partial charge in [-0.3, -0.25) is 0 Å². The molecule has 2 heterocycles. The van der Waals surface area contributed by atoms with Gasteiger partial charge in [0.05, 0.1) is 26.2 Å². The first-order valence-electron chi connectivity index (χ1n) is 6.91. The molecule has 0 saturated carbocycles. The average molecular weight is 280 g/mol. The Labute approximate surface area is 111 Å². The Morgan fingerprint density at radius 2 is 1.89 bits per heavy atom. The Morgan fingerprint density at radius 3 is 2.58 bits per heavy atom. The number of carbonyl (C=O) groups is 1. The van der Waals surface area contributed by atoms with Gasteiger partial charge in [0.15, 0.2) is 0 Å². The van der Waals surface area contributed by atoms with Crippen molar-refractivity contribution in [2.75, 3.05) is 26.7 Å². The molecule has 0 radical (unpaired) electrons. The lowest BCUT2D eigenvalue weighted by molar-refractivity contribution is -0.947. The molecule has 3 atom stereocenters. The molecule has 0 unspecified atom stereocenters. The minimum absolute atomic E-state index is 0.0744. The Morgan fingerprint density at radius 1 is 1.21 bits per heavy atom. The average Bonchev–Trinajstić information content (AvgIpc) is 2.33. The fraction of sp³-hybridized carbons (Fsp3) is 0.923. The third-order valence-corrected chi connectivity index (χ3v) is 4.67. The number of hydrogen-bond acceptors (Lipinski definition) is 2. The second-order valence-corrected chi connectivity index (χ2v) is 5.99. The van der Waals surface area contributed by atoms with Gasteiger partial charge in [-0.1, -0.05) is 0 Å². The predicted octanol–water partition coefficient (Wildman–Crippen LogP) is 2.50. The highest BCUT2D eigenvalue weighted by atomic mass is 19.4. The molecule has 19 heavy (non-hydrogen) atoms. The molecule has 2 aliphatic rings. The second kappa shape index (κ2) is 5.31. The minimum atomic E-state index is -4.88. The zero-order chi connectivity index (χ0) is 14.1. The summed E-state index contributed by atoms with van der Waals surface area (Å²) in [5, 5.41) is 0. The van der Waals surface area contributed by atoms with Gasteiger partial charge in [-0.15, -0.1) is 0 Å². The number of ether oxygens (including phenoxy) is 1. The van der Waals surface area contributed by atoms with Crippen LogP contribution in [-0.4, -0.2) is 49.4 Å². The quantitative estimate of drug-likeness (QED) is 0.574. The van der Waals surface area contributed by atoms with E-state index in [-0.39, 0.29) is 12.5 Å². The maximum atomic E-state index is 12.1. The molecule has 2 rings (SSSR count). The molecule has 0 amide bonds. The van der Waals surface area contributed by atoms with Gasteiger partial charge in [-0.25, -0.2) is 4.79 Å². The van der Waals surface area contributed by atoms with Gasteiger partial charge in [0.2, 0.25) is 0 Å². The van der Waals surface area contributed by atoms with Crippen molar-refractivity contribution in [3.63, 3.8) is 0 Å². The number of quaternary nitrogens is 1. The number of alkyl halides is 3. The first-order valence-corrected chi connectivity index (χ1v) is 6.91. The molecule has 3 nitrogen and oxygen atoms in total. The molecule has 0 aromatic rings. The summed E-state index contributed by atoms with van der Waals surface area (Å²) in [5.41, 5.74) is 0. The summed E-state index contributed by atoms with van der Waals surface area (Å²) in [6.07, 6.45) is 0.333. The molecular weight excluding hydrogens is 259 g/mol. The van der Waals surface area contributed by atoms with Gasteiger partial charge in [0, 0.05) is 12.3 Å². The van der Waals surface area contributed by atoms with Crippen LogP contribution in [0.15, 0.2) is 0 Å². The number of rotatable bonds is 2. The van der Waals surface area contributed by atoms with E-state index in [0.717, 1.165) is 43.3 Å². The largest absolute Gasteiger partial charge is 0.490 e. The van der Waals surface area contributed by atoms with E-state index in [1.807, 2.05) is 0 Å². The van der Waals surface area contributed by atoms with Gasteiger partial charge < -0.3 is 9.22 Å². The summed E-state index contributed by atoms with van der Waals surface area (Å²) in [4.78, 5) is 10.8. The Hall–Kier alpha value is -0.780. The summed E-state index contributed by atoms with van der Waals surface area (Å²) < 4.78 is 41.8. The summed E-state index contributed by atoms with van der Waals surface area (Å²) in [7, 11) is 2.18. The van der Waals surface area contributed by atoms with Crippen molar-refractivity contribution in [2.45, 2.75) is 44.3 Å². The van der Waals surface area contributed by atoms with Crippen LogP contribution in [0.2, 0.25) is 0 Å². The Kier molecular flexibility index (Phi) is 4.08. The molecule has 110 valence electrons. The smallest absolute Gasteiger partial charge is 0.458 e. The lowest BCUT2D eigenvalue weighted by atomic mass is 9.82. The van der Waals surface area contributed by atoms with Gasteiger partial charge in [0.25, 0.3) is 0 Å². The maximum Gasteiger partial charge on any atom is 0.490 e. The standard InChI is InChI=1S/C13H21F3NO2/c1-17-7-3-2-6-11(17)10(5-4-8-17)9-19-12(18)13(14,15)16/h10-11H,2-9H2,1H3/q+1/t10-,11+,17-/m1/s1. The topological polar surface area (TPSA) is 26.3 Å². The molecule has 0 aromatic heterocycles. The van der Waals surface area contributed by atoms with Crippen molar-refractivity contribution >= 4 is 5.97 Å². The summed E-state index contributed by atoms with van der Waals surface area (Å²) in [6.45, 7) is 2.10. The monoisotopic (exact) mass is 280 g/mol. The van der Waals surface area contributed by atoms with Crippen LogP contribution in [0.4, 0.5) is 13.2 Å². The summed E-state index contributed by atoms with van der Waals surface area (Å²) >= 11 is 0. The SMILES string of the molecule is C[N@+]12CCCC[C@H]1[C@@H](COC(=O)C(F)(F)F)CCC2. The highest BCUT2D eigenvalue weighted by molar-refractivity contribution is 5.75. The highest BCUT2D eigenvalue weighted by Gasteiger charge is 2.46. The lowest BCUT2D eigenvalue weighted by Crippen LogP contribution is -2.61. The van der Waals surface area contributed by atoms with E-state index in [0.29, 0.717) is 6.04 Å². The molecule has 0 aromatic carbocycles. The lowest BCUT2D eigenvalue weighted by Gasteiger charge is -2.51. The fourth-order valence-electron chi connectivity index (χ4n) is 3.69. The minimum Gasteiger partial charge on any atom is -0.458 e. The molecule has 6 heteroatoms.